The van der Waals surface area contributed by atoms with Crippen LogP contribution >= 0.6 is 0 Å². The molecule has 10 heteroatoms. The fourth-order valence-electron chi connectivity index (χ4n) is 4.87. The number of carbonyl (C=O) groups is 2. The molecule has 0 aliphatic heterocycles. The highest BCUT2D eigenvalue weighted by atomic mass is 16.5. The number of benzene rings is 2. The molecule has 0 saturated carbocycles. The van der Waals surface area contributed by atoms with Gasteiger partial charge in [0.05, 0.1) is 23.5 Å². The van der Waals surface area contributed by atoms with Crippen molar-refractivity contribution < 1.29 is 24.5 Å². The number of amides is 2. The topological polar surface area (TPSA) is 163 Å². The molecule has 0 aliphatic rings. The molecule has 4 aromatic rings. The summed E-state index contributed by atoms with van der Waals surface area (Å²) in [5, 5.41) is 32.1. The van der Waals surface area contributed by atoms with Crippen LogP contribution in [0.1, 0.15) is 65.4 Å². The number of nitrogens with two attached hydrogens (primary N) is 1. The van der Waals surface area contributed by atoms with Crippen molar-refractivity contribution in [2.45, 2.75) is 45.3 Å². The third-order valence-corrected chi connectivity index (χ3v) is 6.74. The first-order valence-electron chi connectivity index (χ1n) is 13.3. The number of imidazole rings is 1. The van der Waals surface area contributed by atoms with E-state index >= 15 is 0 Å². The molecule has 2 unspecified atom stereocenters. The third kappa shape index (κ3) is 6.54. The Hall–Kier alpha value is -4.72. The monoisotopic (exact) mass is 555 g/mol. The first-order chi connectivity index (χ1) is 19.6. The quantitative estimate of drug-likeness (QED) is 0.221. The van der Waals surface area contributed by atoms with Gasteiger partial charge in [-0.15, -0.1) is 0 Å². The highest BCUT2D eigenvalue weighted by molar-refractivity contribution is 5.95. The molecule has 2 aromatic heterocycles. The zero-order chi connectivity index (χ0) is 29.7. The van der Waals surface area contributed by atoms with E-state index in [0.717, 1.165) is 22.4 Å². The minimum absolute atomic E-state index is 0.0514. The van der Waals surface area contributed by atoms with Gasteiger partial charge in [-0.3, -0.25) is 9.59 Å². The average molecular weight is 556 g/mol. The minimum Gasteiger partial charge on any atom is -0.490 e. The van der Waals surface area contributed by atoms with Crippen LogP contribution in [-0.2, 0) is 11.2 Å². The van der Waals surface area contributed by atoms with E-state index in [1.807, 2.05) is 67.0 Å². The second kappa shape index (κ2) is 12.6. The number of rotatable bonds is 11. The van der Waals surface area contributed by atoms with Crippen molar-refractivity contribution in [1.29, 1.82) is 5.26 Å². The molecule has 2 amide bonds. The lowest BCUT2D eigenvalue weighted by Crippen LogP contribution is -2.32. The Morgan fingerprint density at radius 2 is 1.88 bits per heavy atom. The molecule has 4 rings (SSSR count). The van der Waals surface area contributed by atoms with E-state index in [1.54, 1.807) is 13.0 Å². The van der Waals surface area contributed by atoms with Crippen LogP contribution in [0.2, 0.25) is 0 Å². The van der Waals surface area contributed by atoms with Gasteiger partial charge in [-0.05, 0) is 56.5 Å². The Labute approximate surface area is 238 Å². The molecular weight excluding hydrogens is 522 g/mol. The van der Waals surface area contributed by atoms with Crippen LogP contribution in [0.4, 0.5) is 0 Å². The van der Waals surface area contributed by atoms with Crippen LogP contribution < -0.4 is 15.8 Å². The van der Waals surface area contributed by atoms with Gasteiger partial charge in [0.2, 0.25) is 11.8 Å². The van der Waals surface area contributed by atoms with Gasteiger partial charge in [-0.25, -0.2) is 4.98 Å². The summed E-state index contributed by atoms with van der Waals surface area (Å²) in [7, 11) is 0. The Morgan fingerprint density at radius 3 is 2.49 bits per heavy atom. The van der Waals surface area contributed by atoms with E-state index in [4.69, 9.17) is 15.5 Å². The van der Waals surface area contributed by atoms with Crippen LogP contribution in [0.5, 0.6) is 5.75 Å². The van der Waals surface area contributed by atoms with E-state index < -0.39 is 30.4 Å². The largest absolute Gasteiger partial charge is 0.490 e. The molecule has 2 aromatic carbocycles. The van der Waals surface area contributed by atoms with Gasteiger partial charge in [-0.1, -0.05) is 30.3 Å². The molecular formula is C31H33N5O5. The number of nitriles is 1. The summed E-state index contributed by atoms with van der Waals surface area (Å²) in [4.78, 5) is 29.1. The number of aliphatic hydroxyl groups excluding tert-OH is 2. The van der Waals surface area contributed by atoms with E-state index in [2.05, 4.69) is 11.4 Å². The number of nitrogens with zero attached hydrogens (tertiary/aromatic N) is 3. The van der Waals surface area contributed by atoms with Gasteiger partial charge >= 0.3 is 0 Å². The van der Waals surface area contributed by atoms with E-state index in [-0.39, 0.29) is 23.8 Å². The molecule has 10 nitrogen and oxygen atoms in total. The second-order valence-corrected chi connectivity index (χ2v) is 10.1. The SMILES string of the molecule is CC(C)Oc1ccc(C(N)=O)c(C(CNC(=O)CO)Cc2ccc(-c3cn4cccc(C(C)O)c4n3)cc2)c1C#N. The van der Waals surface area contributed by atoms with Gasteiger partial charge < -0.3 is 30.4 Å². The van der Waals surface area contributed by atoms with Crippen molar-refractivity contribution in [3.05, 3.63) is 88.7 Å². The summed E-state index contributed by atoms with van der Waals surface area (Å²) in [6, 6.07) is 16.6. The van der Waals surface area contributed by atoms with E-state index in [9.17, 15) is 25.1 Å². The molecule has 0 fully saturated rings. The number of aliphatic hydroxyl groups is 2. The number of hydrogen-bond donors (Lipinski definition) is 4. The second-order valence-electron chi connectivity index (χ2n) is 10.1. The van der Waals surface area contributed by atoms with E-state index in [0.29, 0.717) is 23.4 Å². The van der Waals surface area contributed by atoms with Crippen LogP contribution in [0.3, 0.4) is 0 Å². The lowest BCUT2D eigenvalue weighted by Gasteiger charge is -2.24. The first-order valence-corrected chi connectivity index (χ1v) is 13.3. The zero-order valence-corrected chi connectivity index (χ0v) is 23.2. The lowest BCUT2D eigenvalue weighted by atomic mass is 9.84. The highest BCUT2D eigenvalue weighted by Crippen LogP contribution is 2.34. The van der Waals surface area contributed by atoms with Crippen LogP contribution in [0.15, 0.2) is 60.9 Å². The maximum absolute atomic E-state index is 12.4. The maximum Gasteiger partial charge on any atom is 0.249 e. The van der Waals surface area contributed by atoms with Crippen molar-refractivity contribution in [1.82, 2.24) is 14.7 Å². The highest BCUT2D eigenvalue weighted by Gasteiger charge is 2.26. The summed E-state index contributed by atoms with van der Waals surface area (Å²) in [6.45, 7) is 4.72. The number of aromatic nitrogens is 2. The van der Waals surface area contributed by atoms with Crippen LogP contribution in [0, 0.1) is 11.3 Å². The number of fused-ring (bicyclic) bond motifs is 1. The molecule has 5 N–H and O–H groups in total. The van der Waals surface area contributed by atoms with Crippen molar-refractivity contribution in [3.8, 4) is 23.1 Å². The molecule has 2 heterocycles. The van der Waals surface area contributed by atoms with Gasteiger partial charge in [0.15, 0.2) is 0 Å². The fourth-order valence-corrected chi connectivity index (χ4v) is 4.87. The summed E-state index contributed by atoms with van der Waals surface area (Å²) >= 11 is 0. The van der Waals surface area contributed by atoms with Crippen molar-refractivity contribution in [2.75, 3.05) is 13.2 Å². The molecule has 212 valence electrons. The van der Waals surface area contributed by atoms with Gasteiger partial charge in [0.1, 0.15) is 24.1 Å². The lowest BCUT2D eigenvalue weighted by molar-refractivity contribution is -0.123. The number of primary amides is 1. The van der Waals surface area contributed by atoms with Gasteiger partial charge in [0, 0.05) is 41.5 Å². The van der Waals surface area contributed by atoms with Crippen LogP contribution in [-0.4, -0.2) is 50.7 Å². The standard InChI is InChI=1S/C31H33N5O5/c1-18(2)41-27-11-10-24(30(33)40)29(25(27)14-32)22(15-34-28(39)17-37)13-20-6-8-21(9-7-20)26-16-36-12-4-5-23(19(3)38)31(36)35-26/h4-12,16,18-19,22,37-38H,13,15,17H2,1-3H3,(H2,33,40)(H,34,39). The molecule has 0 spiro atoms. The maximum atomic E-state index is 12.4. The van der Waals surface area contributed by atoms with Crippen LogP contribution in [0.25, 0.3) is 16.9 Å². The zero-order valence-electron chi connectivity index (χ0n) is 23.2. The third-order valence-electron chi connectivity index (χ3n) is 6.74. The van der Waals surface area contributed by atoms with Gasteiger partial charge in [0.25, 0.3) is 0 Å². The number of pyridine rings is 1. The van der Waals surface area contributed by atoms with Gasteiger partial charge in [-0.2, -0.15) is 5.26 Å². The molecule has 2 atom stereocenters. The minimum atomic E-state index is -0.704. The summed E-state index contributed by atoms with van der Waals surface area (Å²) in [6.07, 6.45) is 3.24. The van der Waals surface area contributed by atoms with Crippen molar-refractivity contribution in [3.63, 3.8) is 0 Å². The molecule has 0 radical (unpaired) electrons. The Morgan fingerprint density at radius 1 is 1.15 bits per heavy atom. The molecule has 0 saturated heterocycles. The average Bonchev–Trinajstić information content (AvgIpc) is 3.39. The number of carbonyl (C=O) groups excluding carboxylic acids is 2. The molecule has 41 heavy (non-hydrogen) atoms. The predicted octanol–water partition coefficient (Wildman–Crippen LogP) is 3.25. The summed E-state index contributed by atoms with van der Waals surface area (Å²) in [5.41, 5.74) is 10.3. The van der Waals surface area contributed by atoms with Crippen molar-refractivity contribution >= 4 is 17.5 Å². The number of nitrogens with one attached hydrogen (secondary N) is 1. The summed E-state index contributed by atoms with van der Waals surface area (Å²) < 4.78 is 7.71. The normalized spacial score (nSPS) is 12.6. The fraction of sp³-hybridized carbons (Fsp3) is 0.290. The first kappa shape index (κ1) is 29.3. The number of ether oxygens (including phenoxy) is 1. The van der Waals surface area contributed by atoms with E-state index in [1.165, 1.54) is 6.07 Å². The Bertz CT molecular complexity index is 1600. The van der Waals surface area contributed by atoms with Crippen molar-refractivity contribution in [2.24, 2.45) is 5.73 Å². The smallest absolute Gasteiger partial charge is 0.249 e. The predicted molar refractivity (Wildman–Crippen MR) is 153 cm³/mol. The Balaban J connectivity index is 1.72. The summed E-state index contributed by atoms with van der Waals surface area (Å²) in [5.74, 6) is -1.50. The number of hydrogen-bond acceptors (Lipinski definition) is 7. The Kier molecular flexibility index (Phi) is 9.02. The molecule has 0 aliphatic carbocycles. The molecule has 0 bridgehead atoms.